The Balaban J connectivity index is 1.61. The van der Waals surface area contributed by atoms with Crippen LogP contribution in [-0.2, 0) is 16.4 Å². The summed E-state index contributed by atoms with van der Waals surface area (Å²) in [6.07, 6.45) is 6.37. The SMILES string of the molecule is CCn1c(=O)c(-c2ccc(S(C)(=O)=O)cc2)cc2cnc(NCCC3CCNCC3)nc21. The van der Waals surface area contributed by atoms with Crippen LogP contribution in [0, 0.1) is 5.92 Å². The molecular weight excluding hydrogens is 426 g/mol. The van der Waals surface area contributed by atoms with Crippen LogP contribution in [0.3, 0.4) is 0 Å². The summed E-state index contributed by atoms with van der Waals surface area (Å²) in [5, 5.41) is 7.45. The first kappa shape index (κ1) is 22.4. The van der Waals surface area contributed by atoms with Crippen LogP contribution < -0.4 is 16.2 Å². The van der Waals surface area contributed by atoms with E-state index in [-0.39, 0.29) is 10.5 Å². The molecule has 32 heavy (non-hydrogen) atoms. The number of anilines is 1. The summed E-state index contributed by atoms with van der Waals surface area (Å²) in [6, 6.07) is 8.15. The van der Waals surface area contributed by atoms with Gasteiger partial charge in [0.2, 0.25) is 5.95 Å². The minimum absolute atomic E-state index is 0.161. The highest BCUT2D eigenvalue weighted by molar-refractivity contribution is 7.90. The quantitative estimate of drug-likeness (QED) is 0.564. The van der Waals surface area contributed by atoms with Gasteiger partial charge >= 0.3 is 0 Å². The fourth-order valence-corrected chi connectivity index (χ4v) is 4.81. The maximum absolute atomic E-state index is 13.2. The molecule has 1 aliphatic heterocycles. The standard InChI is InChI=1S/C23H29N5O3S/c1-3-28-21-18(15-26-23(27-21)25-13-10-16-8-11-24-12-9-16)14-20(22(28)29)17-4-6-19(7-5-17)32(2,30)31/h4-7,14-16,24H,3,8-13H2,1-2H3,(H,25,26,27). The number of nitrogens with zero attached hydrogens (tertiary/aromatic N) is 3. The molecule has 0 atom stereocenters. The van der Waals surface area contributed by atoms with E-state index in [0.29, 0.717) is 29.3 Å². The van der Waals surface area contributed by atoms with Crippen molar-refractivity contribution in [2.45, 2.75) is 37.6 Å². The van der Waals surface area contributed by atoms with E-state index in [2.05, 4.69) is 20.6 Å². The Morgan fingerprint density at radius 3 is 2.56 bits per heavy atom. The predicted molar refractivity (Wildman–Crippen MR) is 127 cm³/mol. The Morgan fingerprint density at radius 1 is 1.19 bits per heavy atom. The first-order valence-electron chi connectivity index (χ1n) is 11.0. The first-order valence-corrected chi connectivity index (χ1v) is 12.9. The fraction of sp³-hybridized carbons (Fsp3) is 0.435. The lowest BCUT2D eigenvalue weighted by atomic mass is 9.95. The molecule has 0 unspecified atom stereocenters. The van der Waals surface area contributed by atoms with E-state index in [1.165, 1.54) is 25.0 Å². The van der Waals surface area contributed by atoms with Crippen LogP contribution in [0.15, 0.2) is 46.2 Å². The molecule has 1 aliphatic rings. The molecule has 8 nitrogen and oxygen atoms in total. The van der Waals surface area contributed by atoms with Gasteiger partial charge in [-0.05, 0) is 69.0 Å². The number of hydrogen-bond donors (Lipinski definition) is 2. The van der Waals surface area contributed by atoms with Crippen LogP contribution in [0.4, 0.5) is 5.95 Å². The molecule has 0 bridgehead atoms. The molecule has 0 amide bonds. The number of pyridine rings is 1. The Labute approximate surface area is 188 Å². The van der Waals surface area contributed by atoms with Gasteiger partial charge in [-0.1, -0.05) is 12.1 Å². The second-order valence-corrected chi connectivity index (χ2v) is 10.3. The molecule has 1 saturated heterocycles. The summed E-state index contributed by atoms with van der Waals surface area (Å²) in [6.45, 7) is 5.34. The molecular formula is C23H29N5O3S. The van der Waals surface area contributed by atoms with Crippen LogP contribution >= 0.6 is 0 Å². The van der Waals surface area contributed by atoms with Gasteiger partial charge in [-0.15, -0.1) is 0 Å². The number of nitrogens with one attached hydrogen (secondary N) is 2. The van der Waals surface area contributed by atoms with Crippen molar-refractivity contribution in [1.29, 1.82) is 0 Å². The molecule has 0 aliphatic carbocycles. The molecule has 9 heteroatoms. The molecule has 1 fully saturated rings. The van der Waals surface area contributed by atoms with Crippen molar-refractivity contribution >= 4 is 26.8 Å². The average Bonchev–Trinajstić information content (AvgIpc) is 2.79. The zero-order valence-corrected chi connectivity index (χ0v) is 19.3. The van der Waals surface area contributed by atoms with E-state index < -0.39 is 9.84 Å². The molecule has 3 heterocycles. The predicted octanol–water partition coefficient (Wildman–Crippen LogP) is 2.68. The molecule has 0 radical (unpaired) electrons. The number of aryl methyl sites for hydroxylation is 1. The first-order chi connectivity index (χ1) is 15.4. The third-order valence-corrected chi connectivity index (χ3v) is 7.16. The molecule has 0 saturated carbocycles. The zero-order chi connectivity index (χ0) is 22.7. The van der Waals surface area contributed by atoms with Gasteiger partial charge in [0.05, 0.1) is 4.90 Å². The highest BCUT2D eigenvalue weighted by Crippen LogP contribution is 2.23. The Kier molecular flexibility index (Phi) is 6.57. The number of benzene rings is 1. The van der Waals surface area contributed by atoms with Crippen LogP contribution in [0.1, 0.15) is 26.2 Å². The largest absolute Gasteiger partial charge is 0.354 e. The second-order valence-electron chi connectivity index (χ2n) is 8.29. The summed E-state index contributed by atoms with van der Waals surface area (Å²) in [5.74, 6) is 1.24. The van der Waals surface area contributed by atoms with Gasteiger partial charge in [0.15, 0.2) is 9.84 Å². The van der Waals surface area contributed by atoms with Crippen LogP contribution in [0.2, 0.25) is 0 Å². The molecule has 0 spiro atoms. The van der Waals surface area contributed by atoms with Gasteiger partial charge < -0.3 is 10.6 Å². The Bertz CT molecular complexity index is 1260. The summed E-state index contributed by atoms with van der Waals surface area (Å²) < 4.78 is 25.1. The lowest BCUT2D eigenvalue weighted by molar-refractivity contribution is 0.361. The number of rotatable bonds is 7. The van der Waals surface area contributed by atoms with Crippen molar-refractivity contribution in [3.05, 3.63) is 46.9 Å². The monoisotopic (exact) mass is 455 g/mol. The maximum Gasteiger partial charge on any atom is 0.260 e. The summed E-state index contributed by atoms with van der Waals surface area (Å²) in [5.41, 5.74) is 1.59. The third kappa shape index (κ3) is 4.83. The highest BCUT2D eigenvalue weighted by atomic mass is 32.2. The Morgan fingerprint density at radius 2 is 1.91 bits per heavy atom. The van der Waals surface area contributed by atoms with Gasteiger partial charge in [0, 0.05) is 36.5 Å². The van der Waals surface area contributed by atoms with Crippen LogP contribution in [0.25, 0.3) is 22.2 Å². The van der Waals surface area contributed by atoms with Gasteiger partial charge in [-0.2, -0.15) is 4.98 Å². The highest BCUT2D eigenvalue weighted by Gasteiger charge is 2.15. The molecule has 3 aromatic rings. The van der Waals surface area contributed by atoms with Gasteiger partial charge in [0.25, 0.3) is 5.56 Å². The summed E-state index contributed by atoms with van der Waals surface area (Å²) >= 11 is 0. The number of sulfone groups is 1. The van der Waals surface area contributed by atoms with Crippen molar-refractivity contribution in [2.75, 3.05) is 31.2 Å². The van der Waals surface area contributed by atoms with E-state index in [1.54, 1.807) is 29.0 Å². The second kappa shape index (κ2) is 9.38. The summed E-state index contributed by atoms with van der Waals surface area (Å²) in [7, 11) is -3.29. The van der Waals surface area contributed by atoms with Crippen molar-refractivity contribution in [2.24, 2.45) is 5.92 Å². The van der Waals surface area contributed by atoms with Crippen molar-refractivity contribution in [3.63, 3.8) is 0 Å². The molecule has 170 valence electrons. The number of aromatic nitrogens is 3. The normalized spacial score (nSPS) is 15.2. The number of fused-ring (bicyclic) bond motifs is 1. The van der Waals surface area contributed by atoms with E-state index in [9.17, 15) is 13.2 Å². The third-order valence-electron chi connectivity index (χ3n) is 6.03. The average molecular weight is 456 g/mol. The Hall–Kier alpha value is -2.78. The molecule has 4 rings (SSSR count). The molecule has 2 aromatic heterocycles. The lowest BCUT2D eigenvalue weighted by Gasteiger charge is -2.22. The van der Waals surface area contributed by atoms with E-state index in [4.69, 9.17) is 0 Å². The van der Waals surface area contributed by atoms with E-state index >= 15 is 0 Å². The minimum Gasteiger partial charge on any atom is -0.354 e. The lowest BCUT2D eigenvalue weighted by Crippen LogP contribution is -2.28. The van der Waals surface area contributed by atoms with Crippen LogP contribution in [-0.4, -0.2) is 48.8 Å². The number of piperidine rings is 1. The van der Waals surface area contributed by atoms with Gasteiger partial charge in [-0.25, -0.2) is 13.4 Å². The van der Waals surface area contributed by atoms with Crippen molar-refractivity contribution in [3.8, 4) is 11.1 Å². The minimum atomic E-state index is -3.29. The fourth-order valence-electron chi connectivity index (χ4n) is 4.18. The van der Waals surface area contributed by atoms with Crippen molar-refractivity contribution < 1.29 is 8.42 Å². The van der Waals surface area contributed by atoms with E-state index in [0.717, 1.165) is 43.6 Å². The maximum atomic E-state index is 13.2. The van der Waals surface area contributed by atoms with Crippen molar-refractivity contribution in [1.82, 2.24) is 19.9 Å². The van der Waals surface area contributed by atoms with Crippen LogP contribution in [0.5, 0.6) is 0 Å². The summed E-state index contributed by atoms with van der Waals surface area (Å²) in [4.78, 5) is 22.5. The number of hydrogen-bond acceptors (Lipinski definition) is 7. The van der Waals surface area contributed by atoms with Gasteiger partial charge in [-0.3, -0.25) is 9.36 Å². The molecule has 1 aromatic carbocycles. The zero-order valence-electron chi connectivity index (χ0n) is 18.5. The van der Waals surface area contributed by atoms with Gasteiger partial charge in [0.1, 0.15) is 5.65 Å². The topological polar surface area (TPSA) is 106 Å². The van der Waals surface area contributed by atoms with E-state index in [1.807, 2.05) is 6.92 Å². The molecule has 2 N–H and O–H groups in total. The smallest absolute Gasteiger partial charge is 0.260 e.